The van der Waals surface area contributed by atoms with Crippen LogP contribution in [0.1, 0.15) is 0 Å². The molecule has 51 heavy (non-hydrogen) atoms. The van der Waals surface area contributed by atoms with E-state index in [1.807, 2.05) is 0 Å². The Hall–Kier alpha value is -6.84. The molecular formula is C48H32N2O. The molecule has 9 aromatic rings. The van der Waals surface area contributed by atoms with Crippen LogP contribution in [-0.2, 0) is 0 Å². The lowest BCUT2D eigenvalue weighted by Gasteiger charge is -2.26. The average Bonchev–Trinajstić information content (AvgIpc) is 3.55. The second-order valence-corrected chi connectivity index (χ2v) is 13.0. The summed E-state index contributed by atoms with van der Waals surface area (Å²) in [6.45, 7) is 0. The second kappa shape index (κ2) is 11.9. The summed E-state index contributed by atoms with van der Waals surface area (Å²) in [5.41, 5.74) is 13.6. The summed E-state index contributed by atoms with van der Waals surface area (Å²) in [6, 6.07) is 69.0. The molecule has 0 unspecified atom stereocenters. The zero-order valence-corrected chi connectivity index (χ0v) is 27.8. The molecule has 0 N–H and O–H groups in total. The van der Waals surface area contributed by atoms with Gasteiger partial charge in [0.2, 0.25) is 0 Å². The third kappa shape index (κ3) is 4.90. The summed E-state index contributed by atoms with van der Waals surface area (Å²) in [4.78, 5) is 2.31. The number of rotatable bonds is 6. The summed E-state index contributed by atoms with van der Waals surface area (Å²) in [6.07, 6.45) is 0. The molecule has 8 aromatic carbocycles. The predicted octanol–water partition coefficient (Wildman–Crippen LogP) is 13.4. The van der Waals surface area contributed by atoms with Gasteiger partial charge in [0.25, 0.3) is 0 Å². The molecule has 2 heterocycles. The third-order valence-electron chi connectivity index (χ3n) is 9.98. The number of ether oxygens (including phenoxy) is 1. The summed E-state index contributed by atoms with van der Waals surface area (Å²) in [5, 5.41) is 2.44. The van der Waals surface area contributed by atoms with Crippen LogP contribution in [0.3, 0.4) is 0 Å². The first kappa shape index (κ1) is 29.1. The number of hydrogen-bond acceptors (Lipinski definition) is 2. The first-order valence-corrected chi connectivity index (χ1v) is 17.4. The fourth-order valence-corrected chi connectivity index (χ4v) is 7.59. The molecule has 1 aliphatic heterocycles. The minimum atomic E-state index is 0.874. The van der Waals surface area contributed by atoms with Gasteiger partial charge >= 0.3 is 0 Å². The summed E-state index contributed by atoms with van der Waals surface area (Å²) < 4.78 is 9.09. The molecule has 0 radical (unpaired) electrons. The summed E-state index contributed by atoms with van der Waals surface area (Å²) >= 11 is 0. The van der Waals surface area contributed by atoms with Crippen LogP contribution >= 0.6 is 0 Å². The number of benzene rings is 8. The molecule has 240 valence electrons. The SMILES string of the molecule is c1ccc(-c2cccc(-c3ccc(N(c4ccccc4)c4ccc(-c5cccc6c5Oc5cccc7c8ccccc8n-6c57)cc4)cc3)c2)cc1. The molecule has 1 aromatic heterocycles. The second-order valence-electron chi connectivity index (χ2n) is 13.0. The predicted molar refractivity (Wildman–Crippen MR) is 212 cm³/mol. The van der Waals surface area contributed by atoms with Crippen molar-refractivity contribution in [1.29, 1.82) is 0 Å². The van der Waals surface area contributed by atoms with Gasteiger partial charge in [-0.3, -0.25) is 0 Å². The van der Waals surface area contributed by atoms with Crippen molar-refractivity contribution in [2.75, 3.05) is 4.90 Å². The van der Waals surface area contributed by atoms with Crippen molar-refractivity contribution < 1.29 is 4.74 Å². The van der Waals surface area contributed by atoms with Gasteiger partial charge in [-0.2, -0.15) is 0 Å². The van der Waals surface area contributed by atoms with Gasteiger partial charge in [0, 0.05) is 33.4 Å². The van der Waals surface area contributed by atoms with Crippen LogP contribution in [-0.4, -0.2) is 4.57 Å². The van der Waals surface area contributed by atoms with E-state index in [0.29, 0.717) is 0 Å². The van der Waals surface area contributed by atoms with Crippen LogP contribution in [0.15, 0.2) is 194 Å². The number of aromatic nitrogens is 1. The monoisotopic (exact) mass is 652 g/mol. The van der Waals surface area contributed by atoms with Crippen LogP contribution in [0.25, 0.3) is 60.9 Å². The van der Waals surface area contributed by atoms with Crippen molar-refractivity contribution in [3.63, 3.8) is 0 Å². The Morgan fingerprint density at radius 3 is 1.69 bits per heavy atom. The highest BCUT2D eigenvalue weighted by molar-refractivity contribution is 6.12. The zero-order chi connectivity index (χ0) is 33.7. The van der Waals surface area contributed by atoms with Crippen molar-refractivity contribution in [2.24, 2.45) is 0 Å². The molecule has 0 spiro atoms. The van der Waals surface area contributed by atoms with Gasteiger partial charge in [0.15, 0.2) is 11.5 Å². The average molecular weight is 653 g/mol. The lowest BCUT2D eigenvalue weighted by atomic mass is 9.99. The molecule has 0 saturated heterocycles. The van der Waals surface area contributed by atoms with Crippen LogP contribution < -0.4 is 9.64 Å². The molecule has 3 heteroatoms. The lowest BCUT2D eigenvalue weighted by Crippen LogP contribution is -2.09. The van der Waals surface area contributed by atoms with Gasteiger partial charge in [-0.1, -0.05) is 133 Å². The van der Waals surface area contributed by atoms with Gasteiger partial charge in [-0.05, 0) is 88.5 Å². The molecular weight excluding hydrogens is 621 g/mol. The van der Waals surface area contributed by atoms with E-state index < -0.39 is 0 Å². The van der Waals surface area contributed by atoms with Crippen LogP contribution in [0.2, 0.25) is 0 Å². The van der Waals surface area contributed by atoms with E-state index in [1.165, 1.54) is 38.5 Å². The fraction of sp³-hybridized carbons (Fsp3) is 0. The Balaban J connectivity index is 1.02. The maximum atomic E-state index is 6.73. The van der Waals surface area contributed by atoms with Crippen molar-refractivity contribution in [3.8, 4) is 50.6 Å². The maximum absolute atomic E-state index is 6.73. The minimum absolute atomic E-state index is 0.874. The van der Waals surface area contributed by atoms with Gasteiger partial charge in [-0.15, -0.1) is 0 Å². The number of nitrogens with zero attached hydrogens (tertiary/aromatic N) is 2. The molecule has 3 nitrogen and oxygen atoms in total. The van der Waals surface area contributed by atoms with E-state index in [1.54, 1.807) is 0 Å². The van der Waals surface area contributed by atoms with E-state index in [2.05, 4.69) is 204 Å². The first-order valence-electron chi connectivity index (χ1n) is 17.4. The summed E-state index contributed by atoms with van der Waals surface area (Å²) in [5.74, 6) is 1.75. The molecule has 0 amide bonds. The third-order valence-corrected chi connectivity index (χ3v) is 9.98. The molecule has 0 bridgehead atoms. The minimum Gasteiger partial charge on any atom is -0.452 e. The normalized spacial score (nSPS) is 11.7. The number of fused-ring (bicyclic) bond motifs is 5. The highest BCUT2D eigenvalue weighted by atomic mass is 16.5. The van der Waals surface area contributed by atoms with E-state index in [-0.39, 0.29) is 0 Å². The first-order chi connectivity index (χ1) is 25.3. The highest BCUT2D eigenvalue weighted by Crippen LogP contribution is 2.49. The van der Waals surface area contributed by atoms with E-state index >= 15 is 0 Å². The van der Waals surface area contributed by atoms with Crippen molar-refractivity contribution in [3.05, 3.63) is 194 Å². The Morgan fingerprint density at radius 2 is 0.941 bits per heavy atom. The van der Waals surface area contributed by atoms with Gasteiger partial charge in [0.1, 0.15) is 0 Å². The van der Waals surface area contributed by atoms with Crippen molar-refractivity contribution in [2.45, 2.75) is 0 Å². The van der Waals surface area contributed by atoms with E-state index in [9.17, 15) is 0 Å². The molecule has 0 atom stereocenters. The number of para-hydroxylation sites is 4. The smallest absolute Gasteiger partial charge is 0.159 e. The van der Waals surface area contributed by atoms with Gasteiger partial charge < -0.3 is 14.2 Å². The van der Waals surface area contributed by atoms with Crippen LogP contribution in [0, 0.1) is 0 Å². The number of anilines is 3. The molecule has 0 fully saturated rings. The maximum Gasteiger partial charge on any atom is 0.159 e. The van der Waals surface area contributed by atoms with Crippen molar-refractivity contribution in [1.82, 2.24) is 4.57 Å². The molecule has 0 aliphatic carbocycles. The topological polar surface area (TPSA) is 17.4 Å². The standard InChI is InChI=1S/C48H32N2O/c1-3-12-33(13-4-1)36-14-9-15-37(32-36)34-24-28-39(29-25-34)49(38-16-5-2-6-17-38)40-30-26-35(27-31-40)41-19-10-22-45-48(41)51-46-23-11-20-43-42-18-7-8-21-44(42)50(45)47(43)46/h1-32H. The largest absolute Gasteiger partial charge is 0.452 e. The highest BCUT2D eigenvalue weighted by Gasteiger charge is 2.26. The Morgan fingerprint density at radius 1 is 0.392 bits per heavy atom. The molecule has 0 saturated carbocycles. The Bertz CT molecular complexity index is 2690. The van der Waals surface area contributed by atoms with E-state index in [4.69, 9.17) is 4.74 Å². The van der Waals surface area contributed by atoms with Gasteiger partial charge in [-0.25, -0.2) is 0 Å². The van der Waals surface area contributed by atoms with E-state index in [0.717, 1.165) is 50.9 Å². The fourth-order valence-electron chi connectivity index (χ4n) is 7.59. The summed E-state index contributed by atoms with van der Waals surface area (Å²) in [7, 11) is 0. The number of hydrogen-bond donors (Lipinski definition) is 0. The lowest BCUT2D eigenvalue weighted by molar-refractivity contribution is 0.478. The quantitative estimate of drug-likeness (QED) is 0.178. The van der Waals surface area contributed by atoms with Crippen molar-refractivity contribution >= 4 is 38.9 Å². The van der Waals surface area contributed by atoms with Crippen LogP contribution in [0.4, 0.5) is 17.1 Å². The zero-order valence-electron chi connectivity index (χ0n) is 27.8. The van der Waals surface area contributed by atoms with Crippen LogP contribution in [0.5, 0.6) is 11.5 Å². The Labute approximate surface area is 296 Å². The van der Waals surface area contributed by atoms with Gasteiger partial charge in [0.05, 0.1) is 16.7 Å². The molecule has 1 aliphatic rings. The Kier molecular flexibility index (Phi) is 6.81. The molecule has 10 rings (SSSR count).